The summed E-state index contributed by atoms with van der Waals surface area (Å²) in [6, 6.07) is 0. The lowest BCUT2D eigenvalue weighted by Gasteiger charge is -2.39. The Bertz CT molecular complexity index is 1050. The molecule has 0 aromatic heterocycles. The van der Waals surface area contributed by atoms with E-state index < -0.39 is 49.4 Å². The van der Waals surface area contributed by atoms with Crippen molar-refractivity contribution >= 4 is 11.9 Å². The van der Waals surface area contributed by atoms with Gasteiger partial charge in [0.25, 0.3) is 0 Å². The quantitative estimate of drug-likeness (QED) is 0.0265. The Morgan fingerprint density at radius 1 is 0.508 bits per heavy atom. The van der Waals surface area contributed by atoms with E-state index in [2.05, 4.69) is 38.2 Å². The van der Waals surface area contributed by atoms with E-state index in [4.69, 9.17) is 18.9 Å². The molecule has 0 spiro atoms. The van der Waals surface area contributed by atoms with Gasteiger partial charge in [-0.1, -0.05) is 199 Å². The standard InChI is InChI=1S/C51H94O10/c1-3-5-7-9-11-13-15-17-19-21-23-25-27-29-31-33-35-37-39-46(53)58-42-44(43-59-51-50(57)49(56)48(55)45(41-52)61-51)60-47(54)40-38-36-34-32-30-28-26-24-22-20-18-16-14-12-10-8-6-4-2/h14,16,20,22,44-45,48-52,55-57H,3-13,15,17-19,21,23-43H2,1-2H3/b16-14-,22-20-. The van der Waals surface area contributed by atoms with Gasteiger partial charge < -0.3 is 39.4 Å². The van der Waals surface area contributed by atoms with Gasteiger partial charge in [-0.3, -0.25) is 9.59 Å². The first-order valence-electron chi connectivity index (χ1n) is 25.4. The molecule has 1 heterocycles. The molecule has 6 unspecified atom stereocenters. The summed E-state index contributed by atoms with van der Waals surface area (Å²) in [4.78, 5) is 25.4. The van der Waals surface area contributed by atoms with Gasteiger partial charge in [-0.25, -0.2) is 0 Å². The van der Waals surface area contributed by atoms with Crippen molar-refractivity contribution in [3.8, 4) is 0 Å². The fourth-order valence-corrected chi connectivity index (χ4v) is 7.81. The summed E-state index contributed by atoms with van der Waals surface area (Å²) >= 11 is 0. The molecule has 10 nitrogen and oxygen atoms in total. The Morgan fingerprint density at radius 2 is 0.918 bits per heavy atom. The number of carbonyl (C=O) groups is 2. The van der Waals surface area contributed by atoms with Gasteiger partial charge in [-0.05, 0) is 44.9 Å². The summed E-state index contributed by atoms with van der Waals surface area (Å²) in [5.41, 5.74) is 0. The first-order chi connectivity index (χ1) is 29.8. The molecule has 0 radical (unpaired) electrons. The summed E-state index contributed by atoms with van der Waals surface area (Å²) in [6.45, 7) is 3.43. The van der Waals surface area contributed by atoms with E-state index in [0.29, 0.717) is 6.42 Å². The number of aliphatic hydroxyl groups is 4. The van der Waals surface area contributed by atoms with Gasteiger partial charge in [-0.15, -0.1) is 0 Å². The lowest BCUT2D eigenvalue weighted by Crippen LogP contribution is -2.59. The number of hydrogen-bond donors (Lipinski definition) is 4. The van der Waals surface area contributed by atoms with Gasteiger partial charge >= 0.3 is 11.9 Å². The SMILES string of the molecule is CCCCCC/C=C\C/C=C\CCCCCCCCCC(=O)OC(COC(=O)CCCCCCCCCCCCCCCCCCCC)COC1OC(CO)C(O)C(O)C1O. The van der Waals surface area contributed by atoms with E-state index in [0.717, 1.165) is 51.4 Å². The maximum absolute atomic E-state index is 12.8. The zero-order chi connectivity index (χ0) is 44.4. The first-order valence-corrected chi connectivity index (χ1v) is 25.4. The lowest BCUT2D eigenvalue weighted by molar-refractivity contribution is -0.305. The van der Waals surface area contributed by atoms with Crippen LogP contribution in [0.5, 0.6) is 0 Å². The minimum atomic E-state index is -1.59. The Morgan fingerprint density at radius 3 is 1.38 bits per heavy atom. The van der Waals surface area contributed by atoms with Crippen LogP contribution in [0.25, 0.3) is 0 Å². The van der Waals surface area contributed by atoms with E-state index in [1.54, 1.807) is 0 Å². The molecule has 0 aromatic rings. The number of esters is 2. The van der Waals surface area contributed by atoms with E-state index in [1.165, 1.54) is 148 Å². The van der Waals surface area contributed by atoms with Crippen molar-refractivity contribution in [1.29, 1.82) is 0 Å². The van der Waals surface area contributed by atoms with Crippen molar-refractivity contribution < 1.29 is 49.0 Å². The average Bonchev–Trinajstić information content (AvgIpc) is 3.26. The third-order valence-corrected chi connectivity index (χ3v) is 11.8. The van der Waals surface area contributed by atoms with Crippen LogP contribution in [0, 0.1) is 0 Å². The summed E-state index contributed by atoms with van der Waals surface area (Å²) < 4.78 is 22.2. The molecule has 1 fully saturated rings. The number of carbonyl (C=O) groups excluding carboxylic acids is 2. The Hall–Kier alpha value is -1.82. The predicted molar refractivity (Wildman–Crippen MR) is 247 cm³/mol. The molecule has 0 amide bonds. The molecule has 1 aliphatic heterocycles. The fourth-order valence-electron chi connectivity index (χ4n) is 7.81. The molecule has 4 N–H and O–H groups in total. The summed E-state index contributed by atoms with van der Waals surface area (Å²) in [7, 11) is 0. The van der Waals surface area contributed by atoms with Crippen LogP contribution in [0.2, 0.25) is 0 Å². The number of ether oxygens (including phenoxy) is 4. The second kappa shape index (κ2) is 42.1. The van der Waals surface area contributed by atoms with Crippen LogP contribution in [0.1, 0.15) is 232 Å². The van der Waals surface area contributed by atoms with Crippen molar-refractivity contribution in [1.82, 2.24) is 0 Å². The number of aliphatic hydroxyl groups excluding tert-OH is 4. The number of rotatable bonds is 43. The monoisotopic (exact) mass is 867 g/mol. The molecule has 358 valence electrons. The maximum Gasteiger partial charge on any atom is 0.306 e. The smallest absolute Gasteiger partial charge is 0.306 e. The summed E-state index contributed by atoms with van der Waals surface area (Å²) in [5.74, 6) is -0.804. The first kappa shape index (κ1) is 57.2. The molecular weight excluding hydrogens is 773 g/mol. The number of allylic oxidation sites excluding steroid dienone is 4. The number of hydrogen-bond acceptors (Lipinski definition) is 10. The molecule has 0 saturated carbocycles. The van der Waals surface area contributed by atoms with Crippen LogP contribution < -0.4 is 0 Å². The van der Waals surface area contributed by atoms with Gasteiger partial charge in [-0.2, -0.15) is 0 Å². The third kappa shape index (κ3) is 33.4. The highest BCUT2D eigenvalue weighted by molar-refractivity contribution is 5.70. The van der Waals surface area contributed by atoms with Crippen LogP contribution in [-0.4, -0.2) is 89.0 Å². The minimum Gasteiger partial charge on any atom is -0.462 e. The van der Waals surface area contributed by atoms with Crippen LogP contribution in [0.4, 0.5) is 0 Å². The molecule has 6 atom stereocenters. The maximum atomic E-state index is 12.8. The Balaban J connectivity index is 2.27. The minimum absolute atomic E-state index is 0.216. The van der Waals surface area contributed by atoms with E-state index >= 15 is 0 Å². The fraction of sp³-hybridized carbons (Fsp3) is 0.882. The van der Waals surface area contributed by atoms with Gasteiger partial charge in [0.15, 0.2) is 12.4 Å². The van der Waals surface area contributed by atoms with Gasteiger partial charge in [0, 0.05) is 12.8 Å². The van der Waals surface area contributed by atoms with Crippen molar-refractivity contribution in [2.24, 2.45) is 0 Å². The third-order valence-electron chi connectivity index (χ3n) is 11.8. The van der Waals surface area contributed by atoms with Crippen LogP contribution in [-0.2, 0) is 28.5 Å². The molecular formula is C51H94O10. The zero-order valence-electron chi connectivity index (χ0n) is 39.2. The molecule has 0 bridgehead atoms. The van der Waals surface area contributed by atoms with Crippen LogP contribution >= 0.6 is 0 Å². The van der Waals surface area contributed by atoms with E-state index in [-0.39, 0.29) is 32.0 Å². The van der Waals surface area contributed by atoms with E-state index in [9.17, 15) is 30.0 Å². The van der Waals surface area contributed by atoms with Crippen molar-refractivity contribution in [3.05, 3.63) is 24.3 Å². The van der Waals surface area contributed by atoms with Gasteiger partial charge in [0.2, 0.25) is 0 Å². The molecule has 1 rings (SSSR count). The highest BCUT2D eigenvalue weighted by Crippen LogP contribution is 2.23. The topological polar surface area (TPSA) is 152 Å². The molecule has 1 aliphatic rings. The molecule has 0 aliphatic carbocycles. The van der Waals surface area contributed by atoms with Crippen molar-refractivity contribution in [2.45, 2.75) is 269 Å². The summed E-state index contributed by atoms with van der Waals surface area (Å²) in [5, 5.41) is 40.2. The van der Waals surface area contributed by atoms with Crippen LogP contribution in [0.3, 0.4) is 0 Å². The second-order valence-corrected chi connectivity index (χ2v) is 17.6. The number of unbranched alkanes of at least 4 members (excludes halogenated alkanes) is 28. The Kier molecular flexibility index (Phi) is 39.5. The largest absolute Gasteiger partial charge is 0.462 e. The van der Waals surface area contributed by atoms with Gasteiger partial charge in [0.05, 0.1) is 13.2 Å². The molecule has 0 aromatic carbocycles. The molecule has 10 heteroatoms. The highest BCUT2D eigenvalue weighted by atomic mass is 16.7. The van der Waals surface area contributed by atoms with Gasteiger partial charge in [0.1, 0.15) is 31.0 Å². The van der Waals surface area contributed by atoms with E-state index in [1.807, 2.05) is 0 Å². The van der Waals surface area contributed by atoms with Crippen molar-refractivity contribution in [2.75, 3.05) is 19.8 Å². The predicted octanol–water partition coefficient (Wildman–Crippen LogP) is 11.7. The molecule has 1 saturated heterocycles. The summed E-state index contributed by atoms with van der Waals surface area (Å²) in [6.07, 6.45) is 40.4. The lowest BCUT2D eigenvalue weighted by atomic mass is 9.99. The highest BCUT2D eigenvalue weighted by Gasteiger charge is 2.44. The van der Waals surface area contributed by atoms with Crippen LogP contribution in [0.15, 0.2) is 24.3 Å². The Labute approximate surface area is 373 Å². The average molecular weight is 867 g/mol. The molecule has 61 heavy (non-hydrogen) atoms. The zero-order valence-corrected chi connectivity index (χ0v) is 39.2. The second-order valence-electron chi connectivity index (χ2n) is 17.6. The normalized spacial score (nSPS) is 19.9. The van der Waals surface area contributed by atoms with Crippen molar-refractivity contribution in [3.63, 3.8) is 0 Å².